The Bertz CT molecular complexity index is 602. The van der Waals surface area contributed by atoms with Gasteiger partial charge in [0.15, 0.2) is 6.61 Å². The molecule has 0 saturated heterocycles. The summed E-state index contributed by atoms with van der Waals surface area (Å²) in [6.45, 7) is 7.12. The van der Waals surface area contributed by atoms with Crippen molar-refractivity contribution in [3.05, 3.63) is 29.8 Å². The zero-order valence-corrected chi connectivity index (χ0v) is 14.5. The molecule has 0 heterocycles. The molecule has 6 nitrogen and oxygen atoms in total. The molecule has 1 aromatic rings. The molecule has 0 radical (unpaired) electrons. The molecule has 2 amide bonds. The van der Waals surface area contributed by atoms with Gasteiger partial charge in [0.2, 0.25) is 5.91 Å². The van der Waals surface area contributed by atoms with Crippen LogP contribution in [0.1, 0.15) is 39.2 Å². The van der Waals surface area contributed by atoms with Gasteiger partial charge in [-0.3, -0.25) is 9.59 Å². The summed E-state index contributed by atoms with van der Waals surface area (Å²) >= 11 is 0. The maximum absolute atomic E-state index is 11.9. The molecule has 0 aromatic heterocycles. The maximum Gasteiger partial charge on any atom is 0.260 e. The monoisotopic (exact) mass is 331 g/mol. The zero-order chi connectivity index (χ0) is 17.5. The van der Waals surface area contributed by atoms with Crippen LogP contribution < -0.4 is 10.2 Å². The summed E-state index contributed by atoms with van der Waals surface area (Å²) < 4.78 is 5.52. The first kappa shape index (κ1) is 18.0. The summed E-state index contributed by atoms with van der Waals surface area (Å²) in [5.41, 5.74) is 4.22. The lowest BCUT2D eigenvalue weighted by molar-refractivity contribution is -0.133. The van der Waals surface area contributed by atoms with Crippen molar-refractivity contribution in [2.45, 2.75) is 33.6 Å². The van der Waals surface area contributed by atoms with E-state index in [2.05, 4.69) is 10.5 Å². The predicted molar refractivity (Wildman–Crippen MR) is 92.9 cm³/mol. The van der Waals surface area contributed by atoms with E-state index in [9.17, 15) is 9.59 Å². The number of nitrogens with one attached hydrogen (secondary N) is 1. The molecule has 1 aromatic carbocycles. The number of amides is 2. The Morgan fingerprint density at radius 2 is 1.83 bits per heavy atom. The van der Waals surface area contributed by atoms with E-state index in [1.54, 1.807) is 17.0 Å². The lowest BCUT2D eigenvalue weighted by Gasteiger charge is -2.18. The van der Waals surface area contributed by atoms with Crippen molar-refractivity contribution in [1.29, 1.82) is 0 Å². The van der Waals surface area contributed by atoms with Gasteiger partial charge >= 0.3 is 0 Å². The molecule has 24 heavy (non-hydrogen) atoms. The van der Waals surface area contributed by atoms with Crippen LogP contribution in [-0.4, -0.2) is 42.1 Å². The van der Waals surface area contributed by atoms with Crippen LogP contribution in [0.3, 0.4) is 0 Å². The highest BCUT2D eigenvalue weighted by molar-refractivity contribution is 5.99. The van der Waals surface area contributed by atoms with Crippen molar-refractivity contribution >= 4 is 17.5 Å². The topological polar surface area (TPSA) is 71.0 Å². The van der Waals surface area contributed by atoms with Crippen molar-refractivity contribution in [1.82, 2.24) is 10.3 Å². The molecule has 1 aliphatic rings. The fourth-order valence-corrected chi connectivity index (χ4v) is 2.25. The van der Waals surface area contributed by atoms with Crippen LogP contribution in [0.4, 0.5) is 0 Å². The number of ether oxygens (including phenoxy) is 1. The van der Waals surface area contributed by atoms with Gasteiger partial charge in [-0.2, -0.15) is 5.10 Å². The van der Waals surface area contributed by atoms with Crippen molar-refractivity contribution in [2.24, 2.45) is 11.0 Å². The van der Waals surface area contributed by atoms with E-state index >= 15 is 0 Å². The molecule has 0 unspecified atom stereocenters. The molecule has 6 heteroatoms. The number of hydrogen-bond donors (Lipinski definition) is 1. The number of nitrogens with zero attached hydrogens (tertiary/aromatic N) is 2. The molecule has 1 N–H and O–H groups in total. The fourth-order valence-electron chi connectivity index (χ4n) is 2.25. The minimum absolute atomic E-state index is 0.00998. The molecular weight excluding hydrogens is 306 g/mol. The number of carbonyl (C=O) groups is 2. The Balaban J connectivity index is 1.86. The Morgan fingerprint density at radius 3 is 2.38 bits per heavy atom. The lowest BCUT2D eigenvalue weighted by Crippen LogP contribution is -2.34. The third-order valence-electron chi connectivity index (χ3n) is 4.03. The van der Waals surface area contributed by atoms with Gasteiger partial charge in [0.1, 0.15) is 5.75 Å². The minimum Gasteiger partial charge on any atom is -0.484 e. The molecule has 0 bridgehead atoms. The van der Waals surface area contributed by atoms with Crippen LogP contribution in [0.15, 0.2) is 29.4 Å². The predicted octanol–water partition coefficient (Wildman–Crippen LogP) is 2.18. The van der Waals surface area contributed by atoms with Crippen LogP contribution in [0.5, 0.6) is 5.75 Å². The van der Waals surface area contributed by atoms with E-state index in [0.717, 1.165) is 24.1 Å². The molecular formula is C18H25N3O3. The highest BCUT2D eigenvalue weighted by Gasteiger charge is 2.29. The second-order valence-corrected chi connectivity index (χ2v) is 5.83. The van der Waals surface area contributed by atoms with Crippen molar-refractivity contribution in [3.8, 4) is 5.75 Å². The summed E-state index contributed by atoms with van der Waals surface area (Å²) in [6.07, 6.45) is 1.91. The fraction of sp³-hybridized carbons (Fsp3) is 0.500. The average Bonchev–Trinajstić information content (AvgIpc) is 3.44. The highest BCUT2D eigenvalue weighted by atomic mass is 16.5. The number of benzene rings is 1. The van der Waals surface area contributed by atoms with Gasteiger partial charge in [0.05, 0.1) is 5.71 Å². The van der Waals surface area contributed by atoms with Crippen LogP contribution in [-0.2, 0) is 9.59 Å². The van der Waals surface area contributed by atoms with Gasteiger partial charge in [0, 0.05) is 19.0 Å². The van der Waals surface area contributed by atoms with Crippen LogP contribution in [0, 0.1) is 5.92 Å². The smallest absolute Gasteiger partial charge is 0.260 e. The second-order valence-electron chi connectivity index (χ2n) is 5.83. The number of carbonyl (C=O) groups excluding carboxylic acids is 2. The molecule has 2 rings (SSSR count). The molecule has 0 aliphatic heterocycles. The minimum atomic E-state index is -0.0235. The maximum atomic E-state index is 11.9. The van der Waals surface area contributed by atoms with E-state index in [1.165, 1.54) is 0 Å². The van der Waals surface area contributed by atoms with E-state index < -0.39 is 0 Å². The lowest BCUT2D eigenvalue weighted by atomic mass is 10.1. The standard InChI is InChI=1S/C18H25N3O3/c1-4-21(5-2)17(22)12-24-16-10-8-14(9-11-16)13(3)19-20-18(23)15-6-7-15/h8-11,15H,4-7,12H2,1-3H3,(H,20,23)/b19-13-. The molecule has 1 aliphatic carbocycles. The van der Waals surface area contributed by atoms with Gasteiger partial charge in [-0.05, 0) is 63.4 Å². The highest BCUT2D eigenvalue weighted by Crippen LogP contribution is 2.28. The summed E-state index contributed by atoms with van der Waals surface area (Å²) in [6, 6.07) is 7.32. The van der Waals surface area contributed by atoms with Gasteiger partial charge in [-0.15, -0.1) is 0 Å². The Morgan fingerprint density at radius 1 is 1.21 bits per heavy atom. The third kappa shape index (κ3) is 5.08. The Kier molecular flexibility index (Phi) is 6.35. The van der Waals surface area contributed by atoms with E-state index in [0.29, 0.717) is 18.8 Å². The first-order valence-corrected chi connectivity index (χ1v) is 8.40. The van der Waals surface area contributed by atoms with Crippen molar-refractivity contribution in [2.75, 3.05) is 19.7 Å². The first-order chi connectivity index (χ1) is 11.5. The first-order valence-electron chi connectivity index (χ1n) is 8.40. The van der Waals surface area contributed by atoms with Gasteiger partial charge in [-0.1, -0.05) is 0 Å². The zero-order valence-electron chi connectivity index (χ0n) is 14.5. The Hall–Kier alpha value is -2.37. The van der Waals surface area contributed by atoms with Gasteiger partial charge in [-0.25, -0.2) is 5.43 Å². The van der Waals surface area contributed by atoms with E-state index in [1.807, 2.05) is 32.9 Å². The quantitative estimate of drug-likeness (QED) is 0.586. The van der Waals surface area contributed by atoms with Crippen LogP contribution >= 0.6 is 0 Å². The second kappa shape index (κ2) is 8.47. The van der Waals surface area contributed by atoms with E-state index in [4.69, 9.17) is 4.74 Å². The van der Waals surface area contributed by atoms with Crippen LogP contribution in [0.2, 0.25) is 0 Å². The largest absolute Gasteiger partial charge is 0.484 e. The van der Waals surface area contributed by atoms with Crippen molar-refractivity contribution < 1.29 is 14.3 Å². The molecule has 1 fully saturated rings. The number of hydrazone groups is 1. The molecule has 130 valence electrons. The summed E-state index contributed by atoms with van der Waals surface area (Å²) in [7, 11) is 0. The van der Waals surface area contributed by atoms with Crippen LogP contribution in [0.25, 0.3) is 0 Å². The van der Waals surface area contributed by atoms with Gasteiger partial charge in [0.25, 0.3) is 5.91 Å². The normalized spacial score (nSPS) is 14.2. The van der Waals surface area contributed by atoms with E-state index in [-0.39, 0.29) is 24.3 Å². The number of rotatable bonds is 8. The number of likely N-dealkylation sites (N-methyl/N-ethyl adjacent to an activating group) is 1. The summed E-state index contributed by atoms with van der Waals surface area (Å²) in [5.74, 6) is 0.739. The van der Waals surface area contributed by atoms with Gasteiger partial charge < -0.3 is 9.64 Å². The summed E-state index contributed by atoms with van der Waals surface area (Å²) in [5, 5.41) is 4.12. The number of hydrogen-bond acceptors (Lipinski definition) is 4. The molecule has 1 saturated carbocycles. The SMILES string of the molecule is CCN(CC)C(=O)COc1ccc(/C(C)=N\NC(=O)C2CC2)cc1. The third-order valence-corrected chi connectivity index (χ3v) is 4.03. The van der Waals surface area contributed by atoms with Crippen molar-refractivity contribution in [3.63, 3.8) is 0 Å². The molecule has 0 spiro atoms. The molecule has 0 atom stereocenters. The average molecular weight is 331 g/mol. The Labute approximate surface area is 142 Å². The summed E-state index contributed by atoms with van der Waals surface area (Å²) in [4.78, 5) is 25.2.